The van der Waals surface area contributed by atoms with Gasteiger partial charge in [0, 0.05) is 24.5 Å². The number of rotatable bonds is 6. The molecule has 0 aliphatic carbocycles. The van der Waals surface area contributed by atoms with Crippen LogP contribution in [0, 0.1) is 0 Å². The standard InChI is InChI=1S/C12H23N3S/c1-6-10(7-2)15(5)12-14-11(8-16-12)9(3)13-4/h8-10,13H,6-7H2,1-5H3. The number of hydrogen-bond donors (Lipinski definition) is 1. The first kappa shape index (κ1) is 13.5. The highest BCUT2D eigenvalue weighted by Gasteiger charge is 2.15. The lowest BCUT2D eigenvalue weighted by Crippen LogP contribution is -2.30. The Morgan fingerprint density at radius 2 is 2.06 bits per heavy atom. The van der Waals surface area contributed by atoms with Gasteiger partial charge in [0.1, 0.15) is 0 Å². The van der Waals surface area contributed by atoms with Gasteiger partial charge in [-0.05, 0) is 26.8 Å². The van der Waals surface area contributed by atoms with Gasteiger partial charge in [-0.15, -0.1) is 11.3 Å². The molecule has 0 amide bonds. The summed E-state index contributed by atoms with van der Waals surface area (Å²) in [6, 6.07) is 0.934. The Kier molecular flexibility index (Phi) is 5.22. The Morgan fingerprint density at radius 3 is 2.56 bits per heavy atom. The second kappa shape index (κ2) is 6.21. The summed E-state index contributed by atoms with van der Waals surface area (Å²) in [6.45, 7) is 6.60. The molecule has 1 aromatic heterocycles. The highest BCUT2D eigenvalue weighted by molar-refractivity contribution is 7.13. The number of nitrogens with one attached hydrogen (secondary N) is 1. The third kappa shape index (κ3) is 2.95. The number of thiazole rings is 1. The summed E-state index contributed by atoms with van der Waals surface area (Å²) in [5.41, 5.74) is 1.14. The molecule has 1 aromatic rings. The predicted octanol–water partition coefficient (Wildman–Crippen LogP) is 3.05. The molecule has 0 aliphatic rings. The van der Waals surface area contributed by atoms with Gasteiger partial charge in [0.25, 0.3) is 0 Å². The molecule has 1 atom stereocenters. The Bertz CT molecular complexity index is 307. The number of nitrogens with zero attached hydrogens (tertiary/aromatic N) is 2. The Hall–Kier alpha value is -0.610. The van der Waals surface area contributed by atoms with Gasteiger partial charge in [0.15, 0.2) is 5.13 Å². The maximum absolute atomic E-state index is 4.68. The fourth-order valence-electron chi connectivity index (χ4n) is 1.78. The first-order valence-corrected chi connectivity index (χ1v) is 6.87. The van der Waals surface area contributed by atoms with E-state index in [0.29, 0.717) is 12.1 Å². The van der Waals surface area contributed by atoms with Crippen molar-refractivity contribution in [2.24, 2.45) is 0 Å². The van der Waals surface area contributed by atoms with Crippen LogP contribution in [0.3, 0.4) is 0 Å². The molecule has 1 unspecified atom stereocenters. The van der Waals surface area contributed by atoms with Crippen LogP contribution in [0.15, 0.2) is 5.38 Å². The molecule has 0 saturated heterocycles. The van der Waals surface area contributed by atoms with Crippen LogP contribution in [0.5, 0.6) is 0 Å². The van der Waals surface area contributed by atoms with Crippen molar-refractivity contribution in [2.75, 3.05) is 19.0 Å². The largest absolute Gasteiger partial charge is 0.348 e. The minimum atomic E-state index is 0.333. The van der Waals surface area contributed by atoms with E-state index in [4.69, 9.17) is 0 Å². The lowest BCUT2D eigenvalue weighted by molar-refractivity contribution is 0.586. The zero-order valence-electron chi connectivity index (χ0n) is 10.9. The van der Waals surface area contributed by atoms with E-state index < -0.39 is 0 Å². The minimum absolute atomic E-state index is 0.333. The number of anilines is 1. The Balaban J connectivity index is 2.76. The zero-order valence-corrected chi connectivity index (χ0v) is 11.8. The zero-order chi connectivity index (χ0) is 12.1. The van der Waals surface area contributed by atoms with Crippen LogP contribution in [-0.4, -0.2) is 25.1 Å². The molecule has 4 heteroatoms. The summed E-state index contributed by atoms with van der Waals surface area (Å²) in [4.78, 5) is 6.98. The summed E-state index contributed by atoms with van der Waals surface area (Å²) >= 11 is 1.74. The van der Waals surface area contributed by atoms with Gasteiger partial charge in [0.05, 0.1) is 5.69 Å². The first-order chi connectivity index (χ1) is 7.63. The summed E-state index contributed by atoms with van der Waals surface area (Å²) in [6.07, 6.45) is 2.34. The van der Waals surface area contributed by atoms with Gasteiger partial charge in [-0.3, -0.25) is 0 Å². The van der Waals surface area contributed by atoms with Crippen molar-refractivity contribution in [3.05, 3.63) is 11.1 Å². The van der Waals surface area contributed by atoms with Crippen molar-refractivity contribution in [1.82, 2.24) is 10.3 Å². The van der Waals surface area contributed by atoms with Crippen LogP contribution in [0.4, 0.5) is 5.13 Å². The van der Waals surface area contributed by atoms with Gasteiger partial charge in [-0.25, -0.2) is 4.98 Å². The van der Waals surface area contributed by atoms with Crippen LogP contribution in [0.2, 0.25) is 0 Å². The average molecular weight is 241 g/mol. The Morgan fingerprint density at radius 1 is 1.44 bits per heavy atom. The van der Waals surface area contributed by atoms with Gasteiger partial charge in [-0.2, -0.15) is 0 Å². The molecule has 0 bridgehead atoms. The summed E-state index contributed by atoms with van der Waals surface area (Å²) in [5.74, 6) is 0. The first-order valence-electron chi connectivity index (χ1n) is 5.99. The molecule has 92 valence electrons. The van der Waals surface area contributed by atoms with Crippen LogP contribution in [0.1, 0.15) is 45.3 Å². The molecule has 3 nitrogen and oxygen atoms in total. The number of hydrogen-bond acceptors (Lipinski definition) is 4. The van der Waals surface area contributed by atoms with Crippen molar-refractivity contribution >= 4 is 16.5 Å². The van der Waals surface area contributed by atoms with Crippen molar-refractivity contribution < 1.29 is 0 Å². The van der Waals surface area contributed by atoms with Crippen LogP contribution < -0.4 is 10.2 Å². The molecular weight excluding hydrogens is 218 g/mol. The number of aromatic nitrogens is 1. The smallest absolute Gasteiger partial charge is 0.185 e. The molecular formula is C12H23N3S. The molecule has 1 N–H and O–H groups in total. The monoisotopic (exact) mass is 241 g/mol. The molecule has 0 aromatic carbocycles. The van der Waals surface area contributed by atoms with E-state index in [1.54, 1.807) is 11.3 Å². The molecule has 16 heavy (non-hydrogen) atoms. The summed E-state index contributed by atoms with van der Waals surface area (Å²) in [5, 5.41) is 6.49. The van der Waals surface area contributed by atoms with Crippen LogP contribution in [-0.2, 0) is 0 Å². The van der Waals surface area contributed by atoms with E-state index in [1.165, 1.54) is 12.8 Å². The van der Waals surface area contributed by atoms with E-state index in [9.17, 15) is 0 Å². The van der Waals surface area contributed by atoms with Gasteiger partial charge in [-0.1, -0.05) is 13.8 Å². The second-order valence-corrected chi connectivity index (χ2v) is 4.98. The summed E-state index contributed by atoms with van der Waals surface area (Å²) < 4.78 is 0. The third-order valence-electron chi connectivity index (χ3n) is 3.18. The van der Waals surface area contributed by atoms with E-state index in [0.717, 1.165) is 10.8 Å². The van der Waals surface area contributed by atoms with E-state index >= 15 is 0 Å². The highest BCUT2D eigenvalue weighted by Crippen LogP contribution is 2.25. The third-order valence-corrected chi connectivity index (χ3v) is 4.13. The highest BCUT2D eigenvalue weighted by atomic mass is 32.1. The SMILES string of the molecule is CCC(CC)N(C)c1nc(C(C)NC)cs1. The molecule has 0 spiro atoms. The molecule has 0 aliphatic heterocycles. The van der Waals surface area contributed by atoms with E-state index in [-0.39, 0.29) is 0 Å². The van der Waals surface area contributed by atoms with Crippen molar-refractivity contribution in [2.45, 2.75) is 45.7 Å². The lowest BCUT2D eigenvalue weighted by atomic mass is 10.1. The van der Waals surface area contributed by atoms with Gasteiger partial charge < -0.3 is 10.2 Å². The molecule has 0 radical (unpaired) electrons. The van der Waals surface area contributed by atoms with Gasteiger partial charge >= 0.3 is 0 Å². The van der Waals surface area contributed by atoms with E-state index in [1.807, 2.05) is 7.05 Å². The average Bonchev–Trinajstić information content (AvgIpc) is 2.78. The molecule has 0 fully saturated rings. The Labute approximate surface area is 103 Å². The van der Waals surface area contributed by atoms with Crippen molar-refractivity contribution in [3.63, 3.8) is 0 Å². The maximum Gasteiger partial charge on any atom is 0.185 e. The molecule has 0 saturated carbocycles. The van der Waals surface area contributed by atoms with Crippen molar-refractivity contribution in [3.8, 4) is 0 Å². The molecule has 1 heterocycles. The lowest BCUT2D eigenvalue weighted by Gasteiger charge is -2.25. The maximum atomic E-state index is 4.68. The second-order valence-electron chi connectivity index (χ2n) is 4.15. The van der Waals surface area contributed by atoms with Crippen LogP contribution in [0.25, 0.3) is 0 Å². The van der Waals surface area contributed by atoms with Gasteiger partial charge in [0.2, 0.25) is 0 Å². The fraction of sp³-hybridized carbons (Fsp3) is 0.750. The van der Waals surface area contributed by atoms with Crippen molar-refractivity contribution in [1.29, 1.82) is 0 Å². The topological polar surface area (TPSA) is 28.2 Å². The quantitative estimate of drug-likeness (QED) is 0.829. The minimum Gasteiger partial charge on any atom is -0.348 e. The predicted molar refractivity (Wildman–Crippen MR) is 72.4 cm³/mol. The molecule has 1 rings (SSSR count). The van der Waals surface area contributed by atoms with Crippen LogP contribution >= 0.6 is 11.3 Å². The summed E-state index contributed by atoms with van der Waals surface area (Å²) in [7, 11) is 4.11. The van der Waals surface area contributed by atoms with E-state index in [2.05, 4.69) is 48.4 Å². The normalized spacial score (nSPS) is 13.1. The fourth-order valence-corrected chi connectivity index (χ4v) is 2.73.